The molecule has 2 rings (SSSR count). The minimum absolute atomic E-state index is 0.510. The van der Waals surface area contributed by atoms with Gasteiger partial charge in [0.2, 0.25) is 0 Å². The summed E-state index contributed by atoms with van der Waals surface area (Å²) >= 11 is 5.39. The molecular formula is C14H24BrN3S. The Labute approximate surface area is 129 Å². The molecule has 19 heavy (non-hydrogen) atoms. The summed E-state index contributed by atoms with van der Waals surface area (Å²) in [5, 5.41) is 5.70. The maximum Gasteiger partial charge on any atom is 0.0376 e. The minimum Gasteiger partial charge on any atom is -0.315 e. The van der Waals surface area contributed by atoms with Crippen LogP contribution in [-0.2, 0) is 6.42 Å². The van der Waals surface area contributed by atoms with E-state index >= 15 is 0 Å². The molecule has 1 aliphatic rings. The van der Waals surface area contributed by atoms with Crippen LogP contribution in [0.5, 0.6) is 0 Å². The van der Waals surface area contributed by atoms with Gasteiger partial charge in [-0.15, -0.1) is 11.3 Å². The van der Waals surface area contributed by atoms with Crippen LogP contribution >= 0.6 is 27.3 Å². The molecule has 2 unspecified atom stereocenters. The van der Waals surface area contributed by atoms with Gasteiger partial charge in [-0.2, -0.15) is 0 Å². The molecule has 1 aliphatic heterocycles. The van der Waals surface area contributed by atoms with E-state index in [-0.39, 0.29) is 0 Å². The molecule has 1 fully saturated rings. The van der Waals surface area contributed by atoms with Gasteiger partial charge < -0.3 is 15.1 Å². The number of nitrogens with zero attached hydrogens (tertiary/aromatic N) is 2. The summed E-state index contributed by atoms with van der Waals surface area (Å²) in [6.07, 6.45) is 2.38. The number of thiophene rings is 1. The topological polar surface area (TPSA) is 18.5 Å². The maximum atomic E-state index is 3.55. The number of hydrogen-bond acceptors (Lipinski definition) is 4. The number of hydrogen-bond donors (Lipinski definition) is 1. The average molecular weight is 346 g/mol. The van der Waals surface area contributed by atoms with Crippen molar-refractivity contribution in [2.24, 2.45) is 0 Å². The van der Waals surface area contributed by atoms with Crippen molar-refractivity contribution in [2.75, 3.05) is 40.8 Å². The van der Waals surface area contributed by atoms with Crippen molar-refractivity contribution in [3.8, 4) is 0 Å². The van der Waals surface area contributed by atoms with E-state index in [4.69, 9.17) is 0 Å². The molecule has 1 N–H and O–H groups in total. The van der Waals surface area contributed by atoms with Gasteiger partial charge in [-0.1, -0.05) is 0 Å². The van der Waals surface area contributed by atoms with E-state index in [1.807, 2.05) is 11.3 Å². The van der Waals surface area contributed by atoms with Crippen LogP contribution < -0.4 is 5.32 Å². The molecule has 2 heterocycles. The molecule has 0 saturated carbocycles. The number of halogens is 1. The van der Waals surface area contributed by atoms with Crippen LogP contribution in [0, 0.1) is 0 Å². The van der Waals surface area contributed by atoms with Crippen molar-refractivity contribution >= 4 is 27.3 Å². The van der Waals surface area contributed by atoms with Crippen molar-refractivity contribution in [2.45, 2.75) is 24.9 Å². The first-order valence-electron chi connectivity index (χ1n) is 6.89. The van der Waals surface area contributed by atoms with Crippen LogP contribution in [0.1, 0.15) is 11.3 Å². The van der Waals surface area contributed by atoms with Crippen molar-refractivity contribution in [3.05, 3.63) is 20.8 Å². The highest BCUT2D eigenvalue weighted by Crippen LogP contribution is 2.23. The van der Waals surface area contributed by atoms with Gasteiger partial charge in [-0.05, 0) is 69.1 Å². The predicted molar refractivity (Wildman–Crippen MR) is 87.1 cm³/mol. The molecule has 0 radical (unpaired) electrons. The van der Waals surface area contributed by atoms with E-state index in [1.165, 1.54) is 28.9 Å². The summed E-state index contributed by atoms with van der Waals surface area (Å²) in [5.41, 5.74) is 0. The molecule has 1 aromatic heterocycles. The van der Waals surface area contributed by atoms with E-state index in [0.29, 0.717) is 12.1 Å². The summed E-state index contributed by atoms with van der Waals surface area (Å²) in [7, 11) is 6.59. The third kappa shape index (κ3) is 4.26. The Morgan fingerprint density at radius 2 is 2.26 bits per heavy atom. The number of rotatable bonds is 4. The van der Waals surface area contributed by atoms with Gasteiger partial charge in [0.15, 0.2) is 0 Å². The fraction of sp³-hybridized carbons (Fsp3) is 0.714. The second-order valence-corrected chi connectivity index (χ2v) is 7.41. The fourth-order valence-corrected chi connectivity index (χ4v) is 4.36. The Morgan fingerprint density at radius 1 is 1.47 bits per heavy atom. The largest absolute Gasteiger partial charge is 0.315 e. The normalized spacial score (nSPS) is 24.3. The second-order valence-electron chi connectivity index (χ2n) is 5.49. The molecule has 0 amide bonds. The van der Waals surface area contributed by atoms with Gasteiger partial charge in [0.1, 0.15) is 0 Å². The lowest BCUT2D eigenvalue weighted by Gasteiger charge is -2.34. The Morgan fingerprint density at radius 3 is 2.89 bits per heavy atom. The van der Waals surface area contributed by atoms with Crippen LogP contribution in [0.4, 0.5) is 0 Å². The van der Waals surface area contributed by atoms with Gasteiger partial charge in [0.05, 0.1) is 0 Å². The lowest BCUT2D eigenvalue weighted by atomic mass is 10.0. The first-order valence-corrected chi connectivity index (χ1v) is 8.56. The van der Waals surface area contributed by atoms with Crippen molar-refractivity contribution < 1.29 is 0 Å². The fourth-order valence-electron chi connectivity index (χ4n) is 2.85. The summed E-state index contributed by atoms with van der Waals surface area (Å²) < 4.78 is 1.20. The first kappa shape index (κ1) is 15.4. The monoisotopic (exact) mass is 345 g/mol. The quantitative estimate of drug-likeness (QED) is 0.902. The predicted octanol–water partition coefficient (Wildman–Crippen LogP) is 2.28. The highest BCUT2D eigenvalue weighted by atomic mass is 79.9. The average Bonchev–Trinajstić information content (AvgIpc) is 2.70. The first-order chi connectivity index (χ1) is 9.10. The Hall–Kier alpha value is 0.0600. The zero-order valence-corrected chi connectivity index (χ0v) is 14.4. The van der Waals surface area contributed by atoms with E-state index < -0.39 is 0 Å². The molecule has 0 bridgehead atoms. The van der Waals surface area contributed by atoms with Gasteiger partial charge in [-0.3, -0.25) is 0 Å². The molecule has 5 heteroatoms. The standard InChI is InChI=1S/C14H24BrN3S/c1-16-13(8-12-7-11(15)10-19-12)14-9-17(2)5-4-6-18(14)3/h7,10,13-14,16H,4-6,8-9H2,1-3H3. The lowest BCUT2D eigenvalue weighted by molar-refractivity contribution is 0.181. The van der Waals surface area contributed by atoms with Crippen molar-refractivity contribution in [3.63, 3.8) is 0 Å². The van der Waals surface area contributed by atoms with Gasteiger partial charge in [0.25, 0.3) is 0 Å². The highest BCUT2D eigenvalue weighted by molar-refractivity contribution is 9.10. The summed E-state index contributed by atoms with van der Waals surface area (Å²) in [6, 6.07) is 3.34. The maximum absolute atomic E-state index is 3.55. The van der Waals surface area contributed by atoms with E-state index in [9.17, 15) is 0 Å². The zero-order valence-electron chi connectivity index (χ0n) is 12.0. The van der Waals surface area contributed by atoms with Crippen molar-refractivity contribution in [1.82, 2.24) is 15.1 Å². The van der Waals surface area contributed by atoms with E-state index in [0.717, 1.165) is 13.0 Å². The summed E-state index contributed by atoms with van der Waals surface area (Å²) in [4.78, 5) is 6.43. The van der Waals surface area contributed by atoms with Gasteiger partial charge >= 0.3 is 0 Å². The van der Waals surface area contributed by atoms with Crippen LogP contribution in [0.3, 0.4) is 0 Å². The van der Waals surface area contributed by atoms with Gasteiger partial charge in [-0.25, -0.2) is 0 Å². The summed E-state index contributed by atoms with van der Waals surface area (Å²) in [6.45, 7) is 3.55. The van der Waals surface area contributed by atoms with Crippen LogP contribution in [0.15, 0.2) is 15.9 Å². The number of nitrogens with one attached hydrogen (secondary N) is 1. The number of likely N-dealkylation sites (N-methyl/N-ethyl adjacent to an activating group) is 3. The Bertz CT molecular complexity index is 396. The SMILES string of the molecule is CNC(Cc1cc(Br)cs1)C1CN(C)CCCN1C. The van der Waals surface area contributed by atoms with Crippen molar-refractivity contribution in [1.29, 1.82) is 0 Å². The second kappa shape index (κ2) is 7.18. The highest BCUT2D eigenvalue weighted by Gasteiger charge is 2.27. The minimum atomic E-state index is 0.510. The molecule has 1 aromatic rings. The molecule has 3 nitrogen and oxygen atoms in total. The molecule has 2 atom stereocenters. The Balaban J connectivity index is 2.06. The Kier molecular flexibility index (Phi) is 5.84. The molecule has 108 valence electrons. The van der Waals surface area contributed by atoms with E-state index in [2.05, 4.69) is 63.6 Å². The third-order valence-corrected chi connectivity index (χ3v) is 5.71. The lowest BCUT2D eigenvalue weighted by Crippen LogP contribution is -2.52. The summed E-state index contributed by atoms with van der Waals surface area (Å²) in [5.74, 6) is 0. The molecular weight excluding hydrogens is 322 g/mol. The van der Waals surface area contributed by atoms with Crippen LogP contribution in [-0.4, -0.2) is 62.7 Å². The molecule has 0 aliphatic carbocycles. The van der Waals surface area contributed by atoms with Gasteiger partial charge in [0, 0.05) is 33.4 Å². The van der Waals surface area contributed by atoms with Crippen LogP contribution in [0.2, 0.25) is 0 Å². The third-order valence-electron chi connectivity index (χ3n) is 3.99. The molecule has 0 aromatic carbocycles. The van der Waals surface area contributed by atoms with E-state index in [1.54, 1.807) is 0 Å². The zero-order chi connectivity index (χ0) is 13.8. The van der Waals surface area contributed by atoms with Crippen LogP contribution in [0.25, 0.3) is 0 Å². The smallest absolute Gasteiger partial charge is 0.0376 e. The molecule has 1 saturated heterocycles. The molecule has 0 spiro atoms.